The molecule has 1 fully saturated rings. The van der Waals surface area contributed by atoms with Gasteiger partial charge in [-0.3, -0.25) is 14.3 Å². The molecule has 0 spiro atoms. The standard InChI is InChI=1S/C24H36N2O5S2Si/c1-16-13-26(23(28)25-22(16)27)21-12-17(18(31-21)14-30-34(6,7)24(2,3)4)29-15-33-20-11-9-8-10-19(20)32-5/h8-11,13,17-18,21H,12,14-15H2,1-7H3,(H,25,27,28)/t17-,18+,21+/m0/s1. The Bertz CT molecular complexity index is 1100. The van der Waals surface area contributed by atoms with Gasteiger partial charge in [-0.05, 0) is 43.4 Å². The lowest BCUT2D eigenvalue weighted by atomic mass is 10.2. The minimum atomic E-state index is -1.99. The summed E-state index contributed by atoms with van der Waals surface area (Å²) in [7, 11) is -1.99. The Morgan fingerprint density at radius 1 is 1.21 bits per heavy atom. The number of hydrogen-bond donors (Lipinski definition) is 1. The van der Waals surface area contributed by atoms with Crippen LogP contribution in [-0.2, 0) is 13.9 Å². The van der Waals surface area contributed by atoms with Crippen molar-refractivity contribution in [1.29, 1.82) is 0 Å². The van der Waals surface area contributed by atoms with Crippen LogP contribution in [0.3, 0.4) is 0 Å². The van der Waals surface area contributed by atoms with Crippen LogP contribution in [0.25, 0.3) is 0 Å². The van der Waals surface area contributed by atoms with E-state index in [0.29, 0.717) is 24.5 Å². The molecule has 1 aliphatic heterocycles. The van der Waals surface area contributed by atoms with Gasteiger partial charge in [-0.1, -0.05) is 44.7 Å². The van der Waals surface area contributed by atoms with Crippen LogP contribution in [0.4, 0.5) is 0 Å². The van der Waals surface area contributed by atoms with E-state index < -0.39 is 20.2 Å². The van der Waals surface area contributed by atoms with Crippen molar-refractivity contribution in [2.45, 2.75) is 80.5 Å². The molecule has 34 heavy (non-hydrogen) atoms. The fourth-order valence-corrected chi connectivity index (χ4v) is 6.11. The highest BCUT2D eigenvalue weighted by molar-refractivity contribution is 8.01. The van der Waals surface area contributed by atoms with Crippen LogP contribution in [0.2, 0.25) is 18.1 Å². The fourth-order valence-electron chi connectivity index (χ4n) is 3.43. The number of ether oxygens (including phenoxy) is 2. The highest BCUT2D eigenvalue weighted by atomic mass is 32.2. The first-order valence-electron chi connectivity index (χ1n) is 11.4. The van der Waals surface area contributed by atoms with Crippen molar-refractivity contribution >= 4 is 31.8 Å². The summed E-state index contributed by atoms with van der Waals surface area (Å²) in [5, 5.41) is 0.0751. The zero-order valence-corrected chi connectivity index (χ0v) is 23.7. The second-order valence-electron chi connectivity index (χ2n) is 10.0. The number of aryl methyl sites for hydroxylation is 1. The highest BCUT2D eigenvalue weighted by Crippen LogP contribution is 2.38. The summed E-state index contributed by atoms with van der Waals surface area (Å²) in [4.78, 5) is 29.0. The largest absolute Gasteiger partial charge is 0.414 e. The first-order chi connectivity index (χ1) is 15.9. The first-order valence-corrected chi connectivity index (χ1v) is 16.5. The van der Waals surface area contributed by atoms with Gasteiger partial charge in [-0.25, -0.2) is 4.79 Å². The molecule has 2 heterocycles. The van der Waals surface area contributed by atoms with E-state index in [0.717, 1.165) is 0 Å². The van der Waals surface area contributed by atoms with Gasteiger partial charge < -0.3 is 13.9 Å². The molecule has 2 aromatic rings. The number of aromatic amines is 1. The second-order valence-corrected chi connectivity index (χ2v) is 16.7. The number of benzene rings is 1. The van der Waals surface area contributed by atoms with Gasteiger partial charge in [-0.15, -0.1) is 11.8 Å². The lowest BCUT2D eigenvalue weighted by Crippen LogP contribution is -2.44. The molecule has 1 saturated heterocycles. The Labute approximate surface area is 211 Å². The van der Waals surface area contributed by atoms with Gasteiger partial charge in [0.2, 0.25) is 0 Å². The first kappa shape index (κ1) is 27.3. The molecule has 0 unspecified atom stereocenters. The molecule has 0 aliphatic carbocycles. The molecule has 1 aromatic carbocycles. The molecule has 188 valence electrons. The van der Waals surface area contributed by atoms with Crippen molar-refractivity contribution < 1.29 is 13.9 Å². The Hall–Kier alpha value is -1.30. The fraction of sp³-hybridized carbons (Fsp3) is 0.583. The van der Waals surface area contributed by atoms with E-state index in [-0.39, 0.29) is 22.8 Å². The lowest BCUT2D eigenvalue weighted by molar-refractivity contribution is -0.0529. The van der Waals surface area contributed by atoms with Crippen molar-refractivity contribution in [2.24, 2.45) is 0 Å². The maximum absolute atomic E-state index is 12.5. The average molecular weight is 525 g/mol. The zero-order chi connectivity index (χ0) is 25.1. The molecule has 0 saturated carbocycles. The van der Waals surface area contributed by atoms with Crippen LogP contribution in [0.1, 0.15) is 39.0 Å². The number of rotatable bonds is 9. The monoisotopic (exact) mass is 524 g/mol. The zero-order valence-electron chi connectivity index (χ0n) is 21.0. The molecule has 10 heteroatoms. The van der Waals surface area contributed by atoms with Gasteiger partial charge in [0.15, 0.2) is 8.32 Å². The third-order valence-electron chi connectivity index (χ3n) is 6.62. The summed E-state index contributed by atoms with van der Waals surface area (Å²) < 4.78 is 20.5. The molecule has 0 bridgehead atoms. The van der Waals surface area contributed by atoms with Crippen molar-refractivity contribution in [3.63, 3.8) is 0 Å². The third kappa shape index (κ3) is 6.47. The van der Waals surface area contributed by atoms with E-state index in [1.165, 1.54) is 14.4 Å². The van der Waals surface area contributed by atoms with Crippen LogP contribution in [-0.4, -0.2) is 48.9 Å². The number of nitrogens with zero attached hydrogens (tertiary/aromatic N) is 1. The Morgan fingerprint density at radius 3 is 2.53 bits per heavy atom. The molecule has 1 aromatic heterocycles. The Balaban J connectivity index is 1.75. The summed E-state index contributed by atoms with van der Waals surface area (Å²) in [6.07, 6.45) is 3.06. The van der Waals surface area contributed by atoms with Gasteiger partial charge in [0.25, 0.3) is 5.56 Å². The average Bonchev–Trinajstić information content (AvgIpc) is 3.17. The van der Waals surface area contributed by atoms with E-state index >= 15 is 0 Å². The predicted octanol–water partition coefficient (Wildman–Crippen LogP) is 5.01. The number of thioether (sulfide) groups is 2. The third-order valence-corrected chi connectivity index (χ3v) is 13.0. The van der Waals surface area contributed by atoms with Crippen LogP contribution in [0.5, 0.6) is 0 Å². The van der Waals surface area contributed by atoms with E-state index in [1.54, 1.807) is 36.6 Å². The summed E-state index contributed by atoms with van der Waals surface area (Å²) >= 11 is 3.36. The van der Waals surface area contributed by atoms with E-state index in [9.17, 15) is 9.59 Å². The predicted molar refractivity (Wildman–Crippen MR) is 142 cm³/mol. The van der Waals surface area contributed by atoms with Crippen molar-refractivity contribution in [3.8, 4) is 0 Å². The number of nitrogens with one attached hydrogen (secondary N) is 1. The summed E-state index contributed by atoms with van der Waals surface area (Å²) in [6, 6.07) is 8.25. The van der Waals surface area contributed by atoms with Crippen LogP contribution in [0, 0.1) is 6.92 Å². The molecule has 0 radical (unpaired) electrons. The molecule has 1 aliphatic rings. The van der Waals surface area contributed by atoms with Crippen molar-refractivity contribution in [1.82, 2.24) is 9.55 Å². The van der Waals surface area contributed by atoms with Gasteiger partial charge in [0.05, 0.1) is 18.6 Å². The van der Waals surface area contributed by atoms with Gasteiger partial charge in [0.1, 0.15) is 12.3 Å². The van der Waals surface area contributed by atoms with Crippen molar-refractivity contribution in [3.05, 3.63) is 56.9 Å². The molecule has 0 amide bonds. The summed E-state index contributed by atoms with van der Waals surface area (Å²) in [5.41, 5.74) is -0.395. The van der Waals surface area contributed by atoms with E-state index in [2.05, 4.69) is 57.2 Å². The van der Waals surface area contributed by atoms with Crippen LogP contribution in [0.15, 0.2) is 49.8 Å². The maximum Gasteiger partial charge on any atom is 0.330 e. The molecule has 7 nitrogen and oxygen atoms in total. The van der Waals surface area contributed by atoms with Crippen molar-refractivity contribution in [2.75, 3.05) is 18.8 Å². The van der Waals surface area contributed by atoms with E-state index in [4.69, 9.17) is 13.9 Å². The normalized spacial score (nSPS) is 21.2. The number of aromatic nitrogens is 2. The Kier molecular flexibility index (Phi) is 8.97. The van der Waals surface area contributed by atoms with Gasteiger partial charge in [0, 0.05) is 28.0 Å². The Morgan fingerprint density at radius 2 is 1.88 bits per heavy atom. The minimum absolute atomic E-state index is 0.0751. The quantitative estimate of drug-likeness (QED) is 0.280. The maximum atomic E-state index is 12.5. The topological polar surface area (TPSA) is 82.6 Å². The smallest absolute Gasteiger partial charge is 0.330 e. The second kappa shape index (κ2) is 11.2. The molecular weight excluding hydrogens is 488 g/mol. The molecular formula is C24H36N2O5S2Si. The summed E-state index contributed by atoms with van der Waals surface area (Å²) in [6.45, 7) is 13.1. The van der Waals surface area contributed by atoms with Gasteiger partial charge >= 0.3 is 5.69 Å². The van der Waals surface area contributed by atoms with Crippen LogP contribution >= 0.6 is 23.5 Å². The summed E-state index contributed by atoms with van der Waals surface area (Å²) in [5.74, 6) is 0.467. The number of H-pyrrole nitrogens is 1. The number of hydrogen-bond acceptors (Lipinski definition) is 7. The molecule has 3 atom stereocenters. The van der Waals surface area contributed by atoms with Crippen LogP contribution < -0.4 is 11.2 Å². The van der Waals surface area contributed by atoms with Gasteiger partial charge in [-0.2, -0.15) is 0 Å². The molecule has 3 rings (SSSR count). The molecule has 1 N–H and O–H groups in total. The minimum Gasteiger partial charge on any atom is -0.414 e. The lowest BCUT2D eigenvalue weighted by Gasteiger charge is -2.37. The SMILES string of the molecule is CSc1ccccc1SCO[C@H]1C[C@H](n2cc(C)c(=O)[nH]c2=O)O[C@@H]1CO[Si](C)(C)C(C)(C)C. The highest BCUT2D eigenvalue weighted by Gasteiger charge is 2.42. The van der Waals surface area contributed by atoms with E-state index in [1.807, 2.05) is 12.1 Å².